The Kier molecular flexibility index (Phi) is 5.76. The molecule has 2 N–H and O–H groups in total. The number of benzene rings is 3. The van der Waals surface area contributed by atoms with Gasteiger partial charge in [-0.05, 0) is 34.5 Å². The molecule has 6 heteroatoms. The molecule has 0 aliphatic heterocycles. The molecule has 0 heterocycles. The van der Waals surface area contributed by atoms with Gasteiger partial charge in [0.15, 0.2) is 0 Å². The molecule has 0 aliphatic rings. The van der Waals surface area contributed by atoms with Gasteiger partial charge in [0.1, 0.15) is 0 Å². The first kappa shape index (κ1) is 18.2. The standard InChI is InChI=1S/C20H16Cl2N2O2/c21-16-7-8-17(22)18(11-16)24-20(26)12-23-19(25)10-13-5-6-14-3-1-2-4-15(14)9-13/h1-9,11H,10,12H2,(H,23,25)(H,24,26). The van der Waals surface area contributed by atoms with Crippen molar-refractivity contribution in [3.63, 3.8) is 0 Å². The van der Waals surface area contributed by atoms with Gasteiger partial charge in [-0.1, -0.05) is 65.7 Å². The van der Waals surface area contributed by atoms with Crippen LogP contribution in [0.3, 0.4) is 0 Å². The Labute approximate surface area is 161 Å². The van der Waals surface area contributed by atoms with Crippen molar-refractivity contribution < 1.29 is 9.59 Å². The number of hydrogen-bond donors (Lipinski definition) is 2. The maximum atomic E-state index is 12.1. The van der Waals surface area contributed by atoms with Gasteiger partial charge in [-0.3, -0.25) is 9.59 Å². The number of anilines is 1. The Morgan fingerprint density at radius 1 is 0.846 bits per heavy atom. The van der Waals surface area contributed by atoms with E-state index >= 15 is 0 Å². The summed E-state index contributed by atoms with van der Waals surface area (Å²) in [6, 6.07) is 18.6. The van der Waals surface area contributed by atoms with Gasteiger partial charge in [0.2, 0.25) is 11.8 Å². The molecule has 0 atom stereocenters. The van der Waals surface area contributed by atoms with Gasteiger partial charge < -0.3 is 10.6 Å². The summed E-state index contributed by atoms with van der Waals surface area (Å²) in [6.07, 6.45) is 0.204. The van der Waals surface area contributed by atoms with E-state index in [2.05, 4.69) is 10.6 Å². The molecule has 26 heavy (non-hydrogen) atoms. The summed E-state index contributed by atoms with van der Waals surface area (Å²) in [4.78, 5) is 24.1. The predicted octanol–water partition coefficient (Wildman–Crippen LogP) is 4.44. The summed E-state index contributed by atoms with van der Waals surface area (Å²) >= 11 is 11.9. The lowest BCUT2D eigenvalue weighted by Crippen LogP contribution is -2.33. The monoisotopic (exact) mass is 386 g/mol. The first-order chi connectivity index (χ1) is 12.5. The molecule has 0 spiro atoms. The summed E-state index contributed by atoms with van der Waals surface area (Å²) in [6.45, 7) is -0.144. The molecule has 0 aromatic heterocycles. The number of halogens is 2. The van der Waals surface area contributed by atoms with Gasteiger partial charge >= 0.3 is 0 Å². The summed E-state index contributed by atoms with van der Waals surface area (Å²) in [5, 5.41) is 8.27. The van der Waals surface area contributed by atoms with E-state index in [1.165, 1.54) is 0 Å². The third-order valence-corrected chi connectivity index (χ3v) is 4.39. The van der Waals surface area contributed by atoms with Gasteiger partial charge in [-0.25, -0.2) is 0 Å². The molecule has 2 amide bonds. The van der Waals surface area contributed by atoms with Gasteiger partial charge in [0.05, 0.1) is 23.7 Å². The zero-order valence-corrected chi connectivity index (χ0v) is 15.3. The van der Waals surface area contributed by atoms with Crippen LogP contribution in [0.25, 0.3) is 10.8 Å². The fraction of sp³-hybridized carbons (Fsp3) is 0.100. The minimum Gasteiger partial charge on any atom is -0.347 e. The quantitative estimate of drug-likeness (QED) is 0.680. The Morgan fingerprint density at radius 2 is 1.62 bits per heavy atom. The van der Waals surface area contributed by atoms with E-state index < -0.39 is 0 Å². The predicted molar refractivity (Wildman–Crippen MR) is 106 cm³/mol. The summed E-state index contributed by atoms with van der Waals surface area (Å²) in [5.41, 5.74) is 1.30. The molecule has 0 aliphatic carbocycles. The zero-order chi connectivity index (χ0) is 18.5. The average molecular weight is 387 g/mol. The lowest BCUT2D eigenvalue weighted by Gasteiger charge is -2.09. The topological polar surface area (TPSA) is 58.2 Å². The Morgan fingerprint density at radius 3 is 2.42 bits per heavy atom. The molecule has 3 aromatic carbocycles. The molecular formula is C20H16Cl2N2O2. The molecule has 132 valence electrons. The molecular weight excluding hydrogens is 371 g/mol. The molecule has 3 aromatic rings. The lowest BCUT2D eigenvalue weighted by atomic mass is 10.1. The van der Waals surface area contributed by atoms with E-state index in [0.29, 0.717) is 15.7 Å². The molecule has 3 rings (SSSR count). The van der Waals surface area contributed by atoms with Crippen LogP contribution in [0.15, 0.2) is 60.7 Å². The zero-order valence-electron chi connectivity index (χ0n) is 13.8. The summed E-state index contributed by atoms with van der Waals surface area (Å²) in [7, 11) is 0. The van der Waals surface area contributed by atoms with E-state index in [-0.39, 0.29) is 24.8 Å². The average Bonchev–Trinajstić information content (AvgIpc) is 2.63. The van der Waals surface area contributed by atoms with E-state index in [4.69, 9.17) is 23.2 Å². The van der Waals surface area contributed by atoms with E-state index in [1.54, 1.807) is 18.2 Å². The van der Waals surface area contributed by atoms with E-state index in [1.807, 2.05) is 42.5 Å². The first-order valence-corrected chi connectivity index (χ1v) is 8.76. The number of rotatable bonds is 5. The lowest BCUT2D eigenvalue weighted by molar-refractivity contribution is -0.123. The van der Waals surface area contributed by atoms with Gasteiger partial charge in [0, 0.05) is 5.02 Å². The minimum absolute atomic E-state index is 0.144. The van der Waals surface area contributed by atoms with Crippen molar-refractivity contribution in [3.05, 3.63) is 76.3 Å². The SMILES string of the molecule is O=C(Cc1ccc2ccccc2c1)NCC(=O)Nc1cc(Cl)ccc1Cl. The van der Waals surface area contributed by atoms with Gasteiger partial charge in [-0.15, -0.1) is 0 Å². The second kappa shape index (κ2) is 8.21. The number of fused-ring (bicyclic) bond motifs is 1. The highest BCUT2D eigenvalue weighted by Crippen LogP contribution is 2.25. The van der Waals surface area contributed by atoms with Gasteiger partial charge in [-0.2, -0.15) is 0 Å². The van der Waals surface area contributed by atoms with Crippen LogP contribution in [-0.4, -0.2) is 18.4 Å². The molecule has 0 fully saturated rings. The normalized spacial score (nSPS) is 10.5. The van der Waals surface area contributed by atoms with Crippen LogP contribution in [-0.2, 0) is 16.0 Å². The van der Waals surface area contributed by atoms with Crippen LogP contribution < -0.4 is 10.6 Å². The number of amides is 2. The molecule has 0 saturated carbocycles. The van der Waals surface area contributed by atoms with Crippen molar-refractivity contribution >= 4 is 51.5 Å². The number of carbonyl (C=O) groups is 2. The molecule has 0 bridgehead atoms. The summed E-state index contributed by atoms with van der Waals surface area (Å²) < 4.78 is 0. The Balaban J connectivity index is 1.54. The van der Waals surface area contributed by atoms with Crippen LogP contribution >= 0.6 is 23.2 Å². The van der Waals surface area contributed by atoms with Crippen molar-refractivity contribution in [2.45, 2.75) is 6.42 Å². The highest BCUT2D eigenvalue weighted by Gasteiger charge is 2.09. The van der Waals surface area contributed by atoms with Crippen molar-refractivity contribution in [1.82, 2.24) is 5.32 Å². The Bertz CT molecular complexity index is 973. The van der Waals surface area contributed by atoms with Crippen molar-refractivity contribution in [3.8, 4) is 0 Å². The largest absolute Gasteiger partial charge is 0.347 e. The first-order valence-electron chi connectivity index (χ1n) is 8.00. The maximum absolute atomic E-state index is 12.1. The number of hydrogen-bond acceptors (Lipinski definition) is 2. The molecule has 4 nitrogen and oxygen atoms in total. The molecule has 0 unspecified atom stereocenters. The minimum atomic E-state index is -0.374. The summed E-state index contributed by atoms with van der Waals surface area (Å²) in [5.74, 6) is -0.603. The third kappa shape index (κ3) is 4.75. The Hall–Kier alpha value is -2.56. The van der Waals surface area contributed by atoms with Crippen LogP contribution in [0.2, 0.25) is 10.0 Å². The highest BCUT2D eigenvalue weighted by atomic mass is 35.5. The van der Waals surface area contributed by atoms with Crippen LogP contribution in [0.5, 0.6) is 0 Å². The third-order valence-electron chi connectivity index (χ3n) is 3.83. The van der Waals surface area contributed by atoms with Gasteiger partial charge in [0.25, 0.3) is 0 Å². The fourth-order valence-electron chi connectivity index (χ4n) is 2.56. The fourth-order valence-corrected chi connectivity index (χ4v) is 2.90. The number of nitrogens with one attached hydrogen (secondary N) is 2. The van der Waals surface area contributed by atoms with Crippen molar-refractivity contribution in [1.29, 1.82) is 0 Å². The number of carbonyl (C=O) groups excluding carboxylic acids is 2. The maximum Gasteiger partial charge on any atom is 0.243 e. The van der Waals surface area contributed by atoms with E-state index in [9.17, 15) is 9.59 Å². The molecule has 0 radical (unpaired) electrons. The van der Waals surface area contributed by atoms with Crippen LogP contribution in [0.1, 0.15) is 5.56 Å². The molecule has 0 saturated heterocycles. The van der Waals surface area contributed by atoms with Crippen LogP contribution in [0.4, 0.5) is 5.69 Å². The second-order valence-electron chi connectivity index (χ2n) is 5.81. The second-order valence-corrected chi connectivity index (χ2v) is 6.65. The smallest absolute Gasteiger partial charge is 0.243 e. The van der Waals surface area contributed by atoms with Crippen molar-refractivity contribution in [2.75, 3.05) is 11.9 Å². The van der Waals surface area contributed by atoms with E-state index in [0.717, 1.165) is 16.3 Å². The van der Waals surface area contributed by atoms with Crippen LogP contribution in [0, 0.1) is 0 Å². The van der Waals surface area contributed by atoms with Crippen molar-refractivity contribution in [2.24, 2.45) is 0 Å². The highest BCUT2D eigenvalue weighted by molar-refractivity contribution is 6.35.